The van der Waals surface area contributed by atoms with Crippen molar-refractivity contribution in [2.75, 3.05) is 24.4 Å². The normalized spacial score (nSPS) is 17.3. The number of aryl methyl sites for hydroxylation is 1. The van der Waals surface area contributed by atoms with Crippen molar-refractivity contribution in [2.45, 2.75) is 56.4 Å². The van der Waals surface area contributed by atoms with Crippen LogP contribution in [-0.2, 0) is 27.7 Å². The largest absolute Gasteiger partial charge is 0.497 e. The molecule has 1 aromatic heterocycles. The Morgan fingerprint density at radius 2 is 1.94 bits per heavy atom. The van der Waals surface area contributed by atoms with E-state index in [9.17, 15) is 13.2 Å². The monoisotopic (exact) mass is 537 g/mol. The average molecular weight is 538 g/mol. The number of amides is 1. The molecule has 1 atom stereocenters. The van der Waals surface area contributed by atoms with Crippen molar-refractivity contribution in [3.8, 4) is 5.75 Å². The molecular formula is C23H31N5O4S3. The van der Waals surface area contributed by atoms with E-state index in [0.717, 1.165) is 41.1 Å². The second kappa shape index (κ2) is 11.1. The molecule has 12 heteroatoms. The van der Waals surface area contributed by atoms with Crippen LogP contribution in [0.1, 0.15) is 43.0 Å². The summed E-state index contributed by atoms with van der Waals surface area (Å²) in [6.07, 6.45) is 4.40. The maximum atomic E-state index is 13.2. The summed E-state index contributed by atoms with van der Waals surface area (Å²) in [5.41, 5.74) is 7.61. The molecular weight excluding hydrogens is 506 g/mol. The molecule has 1 heterocycles. The van der Waals surface area contributed by atoms with Crippen molar-refractivity contribution < 1.29 is 17.9 Å². The highest BCUT2D eigenvalue weighted by atomic mass is 32.2. The molecule has 0 radical (unpaired) electrons. The molecule has 0 bridgehead atoms. The summed E-state index contributed by atoms with van der Waals surface area (Å²) in [6, 6.07) is 7.37. The van der Waals surface area contributed by atoms with E-state index in [-0.39, 0.29) is 22.8 Å². The van der Waals surface area contributed by atoms with E-state index < -0.39 is 10.0 Å². The number of hydrazine groups is 1. The van der Waals surface area contributed by atoms with Crippen LogP contribution >= 0.6 is 23.6 Å². The van der Waals surface area contributed by atoms with Gasteiger partial charge >= 0.3 is 0 Å². The number of carbonyl (C=O) groups excluding carboxylic acids is 1. The number of thiophene rings is 1. The second-order valence-electron chi connectivity index (χ2n) is 8.72. The molecule has 35 heavy (non-hydrogen) atoms. The zero-order valence-corrected chi connectivity index (χ0v) is 22.2. The Balaban J connectivity index is 1.45. The number of rotatable bonds is 10. The molecule has 1 saturated carbocycles. The Hall–Kier alpha value is -2.41. The fourth-order valence-electron chi connectivity index (χ4n) is 3.94. The summed E-state index contributed by atoms with van der Waals surface area (Å²) >= 11 is 6.83. The number of sulfonamides is 1. The lowest BCUT2D eigenvalue weighted by atomic mass is 9.94. The molecule has 4 rings (SSSR count). The number of carbonyl (C=O) groups is 1. The number of thiocarbonyl (C=S) groups is 1. The van der Waals surface area contributed by atoms with E-state index in [1.165, 1.54) is 11.3 Å². The fraction of sp³-hybridized carbons (Fsp3) is 0.478. The number of hydrogen-bond donors (Lipinski definition) is 5. The molecule has 1 fully saturated rings. The fourth-order valence-corrected chi connectivity index (χ4v) is 7.26. The first kappa shape index (κ1) is 25.7. The van der Waals surface area contributed by atoms with Crippen LogP contribution in [0, 0.1) is 5.92 Å². The molecule has 1 aromatic carbocycles. The first-order valence-electron chi connectivity index (χ1n) is 11.7. The number of methoxy groups -OCH3 is 1. The number of benzene rings is 1. The lowest BCUT2D eigenvalue weighted by molar-refractivity contribution is -0.117. The quantitative estimate of drug-likeness (QED) is 0.232. The number of ether oxygens (including phenoxy) is 1. The van der Waals surface area contributed by atoms with Crippen molar-refractivity contribution >= 4 is 55.3 Å². The standard InChI is InChI=1S/C23H31N5O4S3/c1-3-12-24-35(30,31)20-18-13-16(8-11-19(18)34-22(20)26-21(29)14-4-5-14)25-23(33)28-27-15-6-9-17(32-2)10-7-15/h6-7,9-10,14,16,24,27H,3-5,8,11-13H2,1-2H3,(H,26,29)(H2,25,28,33). The minimum absolute atomic E-state index is 0.00986. The summed E-state index contributed by atoms with van der Waals surface area (Å²) in [6.45, 7) is 2.25. The zero-order chi connectivity index (χ0) is 25.0. The second-order valence-corrected chi connectivity index (χ2v) is 11.9. The van der Waals surface area contributed by atoms with Gasteiger partial charge in [-0.05, 0) is 80.6 Å². The summed E-state index contributed by atoms with van der Waals surface area (Å²) in [5, 5.41) is 7.03. The van der Waals surface area contributed by atoms with E-state index in [1.54, 1.807) is 7.11 Å². The van der Waals surface area contributed by atoms with Crippen LogP contribution in [0.15, 0.2) is 29.2 Å². The van der Waals surface area contributed by atoms with Gasteiger partial charge in [0.15, 0.2) is 5.11 Å². The maximum absolute atomic E-state index is 13.2. The van der Waals surface area contributed by atoms with Crippen molar-refractivity contribution in [1.29, 1.82) is 0 Å². The van der Waals surface area contributed by atoms with E-state index in [4.69, 9.17) is 17.0 Å². The third kappa shape index (κ3) is 6.43. The summed E-state index contributed by atoms with van der Waals surface area (Å²) in [4.78, 5) is 13.7. The Morgan fingerprint density at radius 3 is 2.60 bits per heavy atom. The minimum Gasteiger partial charge on any atom is -0.497 e. The van der Waals surface area contributed by atoms with E-state index in [2.05, 4.69) is 26.2 Å². The molecule has 0 aliphatic heterocycles. The van der Waals surface area contributed by atoms with Gasteiger partial charge in [0.2, 0.25) is 15.9 Å². The molecule has 2 aromatic rings. The Kier molecular flexibility index (Phi) is 8.15. The van der Waals surface area contributed by atoms with Gasteiger partial charge < -0.3 is 15.4 Å². The Morgan fingerprint density at radius 1 is 1.20 bits per heavy atom. The molecule has 0 saturated heterocycles. The van der Waals surface area contributed by atoms with Crippen LogP contribution in [0.5, 0.6) is 5.75 Å². The minimum atomic E-state index is -3.76. The van der Waals surface area contributed by atoms with Crippen molar-refractivity contribution in [2.24, 2.45) is 5.92 Å². The van der Waals surface area contributed by atoms with Gasteiger partial charge in [-0.25, -0.2) is 13.1 Å². The van der Waals surface area contributed by atoms with Gasteiger partial charge in [-0.3, -0.25) is 15.6 Å². The lowest BCUT2D eigenvalue weighted by Gasteiger charge is -2.25. The zero-order valence-electron chi connectivity index (χ0n) is 19.8. The van der Waals surface area contributed by atoms with Crippen molar-refractivity contribution in [3.05, 3.63) is 34.7 Å². The molecule has 190 valence electrons. The maximum Gasteiger partial charge on any atom is 0.243 e. The topological polar surface area (TPSA) is 121 Å². The predicted molar refractivity (Wildman–Crippen MR) is 142 cm³/mol. The molecule has 1 amide bonds. The highest BCUT2D eigenvalue weighted by Gasteiger charge is 2.35. The number of hydrogen-bond acceptors (Lipinski definition) is 7. The van der Waals surface area contributed by atoms with Crippen LogP contribution in [0.2, 0.25) is 0 Å². The number of fused-ring (bicyclic) bond motifs is 1. The van der Waals surface area contributed by atoms with Gasteiger partial charge in [-0.2, -0.15) is 0 Å². The molecule has 0 spiro atoms. The highest BCUT2D eigenvalue weighted by molar-refractivity contribution is 7.90. The van der Waals surface area contributed by atoms with Crippen molar-refractivity contribution in [1.82, 2.24) is 15.5 Å². The summed E-state index contributed by atoms with van der Waals surface area (Å²) in [5.74, 6) is 0.654. The Labute approximate surface area is 215 Å². The molecule has 1 unspecified atom stereocenters. The van der Waals surface area contributed by atoms with Crippen LogP contribution in [0.3, 0.4) is 0 Å². The molecule has 2 aliphatic carbocycles. The van der Waals surface area contributed by atoms with Gasteiger partial charge in [0.1, 0.15) is 15.6 Å². The SMILES string of the molecule is CCCNS(=O)(=O)c1c(NC(=O)C2CC2)sc2c1CC(NC(=S)NNc1ccc(OC)cc1)CC2. The van der Waals surface area contributed by atoms with Gasteiger partial charge in [-0.15, -0.1) is 11.3 Å². The van der Waals surface area contributed by atoms with Crippen LogP contribution in [0.25, 0.3) is 0 Å². The average Bonchev–Trinajstić information content (AvgIpc) is 3.63. The van der Waals surface area contributed by atoms with Gasteiger partial charge in [0.25, 0.3) is 0 Å². The van der Waals surface area contributed by atoms with Crippen LogP contribution in [-0.4, -0.2) is 39.1 Å². The predicted octanol–water partition coefficient (Wildman–Crippen LogP) is 3.14. The first-order valence-corrected chi connectivity index (χ1v) is 14.4. The highest BCUT2D eigenvalue weighted by Crippen LogP contribution is 2.42. The van der Waals surface area contributed by atoms with Crippen LogP contribution < -0.4 is 30.9 Å². The summed E-state index contributed by atoms with van der Waals surface area (Å²) < 4.78 is 34.3. The molecule has 9 nitrogen and oxygen atoms in total. The Bertz CT molecular complexity index is 1180. The third-order valence-electron chi connectivity index (χ3n) is 5.95. The van der Waals surface area contributed by atoms with Gasteiger partial charge in [0.05, 0.1) is 12.8 Å². The van der Waals surface area contributed by atoms with Crippen molar-refractivity contribution in [3.63, 3.8) is 0 Å². The number of nitrogens with one attached hydrogen (secondary N) is 5. The first-order chi connectivity index (χ1) is 16.8. The van der Waals surface area contributed by atoms with Gasteiger partial charge in [0, 0.05) is 23.4 Å². The van der Waals surface area contributed by atoms with E-state index in [0.29, 0.717) is 35.9 Å². The molecule has 2 aliphatic rings. The van der Waals surface area contributed by atoms with E-state index >= 15 is 0 Å². The van der Waals surface area contributed by atoms with Gasteiger partial charge in [-0.1, -0.05) is 6.92 Å². The number of anilines is 2. The lowest BCUT2D eigenvalue weighted by Crippen LogP contribution is -2.46. The van der Waals surface area contributed by atoms with E-state index in [1.807, 2.05) is 31.2 Å². The molecule has 5 N–H and O–H groups in total. The summed E-state index contributed by atoms with van der Waals surface area (Å²) in [7, 11) is -2.14. The van der Waals surface area contributed by atoms with Crippen LogP contribution in [0.4, 0.5) is 10.7 Å². The smallest absolute Gasteiger partial charge is 0.243 e. The third-order valence-corrected chi connectivity index (χ3v) is 9.08.